The van der Waals surface area contributed by atoms with E-state index >= 15 is 0 Å². The zero-order valence-corrected chi connectivity index (χ0v) is 8.91. The molecule has 0 fully saturated rings. The predicted octanol–water partition coefficient (Wildman–Crippen LogP) is 0.174. The standard InChI is InChI=1S/C5H8O2.Pb/c1-4(6)3-5(2)7;/h3H2,1-2H3;. The Morgan fingerprint density at radius 1 is 1.12 bits per heavy atom. The molecule has 0 amide bonds. The second kappa shape index (κ2) is 5.40. The molecule has 8 heavy (non-hydrogen) atoms. The molecule has 4 radical (unpaired) electrons. The van der Waals surface area contributed by atoms with Gasteiger partial charge in [-0.15, -0.1) is 0 Å². The molecule has 0 aromatic heterocycles. The van der Waals surface area contributed by atoms with Crippen LogP contribution >= 0.6 is 0 Å². The van der Waals surface area contributed by atoms with E-state index in [1.165, 1.54) is 13.8 Å². The van der Waals surface area contributed by atoms with Crippen molar-refractivity contribution < 1.29 is 9.59 Å². The number of hydrogen-bond donors (Lipinski definition) is 0. The average Bonchev–Trinajstić information content (AvgIpc) is 1.27. The Bertz CT molecular complexity index is 86.6. The van der Waals surface area contributed by atoms with Crippen molar-refractivity contribution in [1.82, 2.24) is 0 Å². The van der Waals surface area contributed by atoms with Gasteiger partial charge in [-0.05, 0) is 13.8 Å². The van der Waals surface area contributed by atoms with Gasteiger partial charge >= 0.3 is 0 Å². The fraction of sp³-hybridized carbons (Fsp3) is 0.600. The molecule has 2 nitrogen and oxygen atoms in total. The topological polar surface area (TPSA) is 34.1 Å². The molecule has 0 heterocycles. The molecule has 0 aromatic carbocycles. The van der Waals surface area contributed by atoms with Crippen molar-refractivity contribution in [3.05, 3.63) is 0 Å². The summed E-state index contributed by atoms with van der Waals surface area (Å²) in [5.41, 5.74) is 0. The first-order valence-electron chi connectivity index (χ1n) is 2.12. The van der Waals surface area contributed by atoms with E-state index in [-0.39, 0.29) is 45.3 Å². The molecule has 0 aliphatic heterocycles. The summed E-state index contributed by atoms with van der Waals surface area (Å²) in [6, 6.07) is 0. The Hall–Kier alpha value is 0.262. The molecular formula is C5H8O2Pb. The summed E-state index contributed by atoms with van der Waals surface area (Å²) >= 11 is 0. The molecular weight excluding hydrogens is 299 g/mol. The third-order valence-corrected chi connectivity index (χ3v) is 0.498. The maximum Gasteiger partial charge on any atom is 0.137 e. The van der Waals surface area contributed by atoms with Gasteiger partial charge in [-0.25, -0.2) is 0 Å². The Kier molecular flexibility index (Phi) is 7.50. The van der Waals surface area contributed by atoms with Gasteiger partial charge in [0.2, 0.25) is 0 Å². The second-order valence-corrected chi connectivity index (χ2v) is 1.58. The normalized spacial score (nSPS) is 7.25. The van der Waals surface area contributed by atoms with Crippen LogP contribution in [0.2, 0.25) is 0 Å². The number of hydrogen-bond acceptors (Lipinski definition) is 2. The minimum atomic E-state index is -0.0625. The molecule has 0 aromatic rings. The molecule has 0 atom stereocenters. The van der Waals surface area contributed by atoms with Crippen LogP contribution in [0.4, 0.5) is 0 Å². The molecule has 0 unspecified atom stereocenters. The number of carbonyl (C=O) groups is 2. The number of ketones is 2. The number of carbonyl (C=O) groups excluding carboxylic acids is 2. The summed E-state index contributed by atoms with van der Waals surface area (Å²) in [5, 5.41) is 0. The largest absolute Gasteiger partial charge is 0.300 e. The van der Waals surface area contributed by atoms with Crippen LogP contribution in [0.25, 0.3) is 0 Å². The fourth-order valence-corrected chi connectivity index (χ4v) is 0.351. The third-order valence-electron chi connectivity index (χ3n) is 0.498. The van der Waals surface area contributed by atoms with Gasteiger partial charge in [0.1, 0.15) is 11.6 Å². The third kappa shape index (κ3) is 9.55. The predicted molar refractivity (Wildman–Crippen MR) is 31.7 cm³/mol. The van der Waals surface area contributed by atoms with Crippen molar-refractivity contribution in [2.45, 2.75) is 20.3 Å². The molecule has 0 spiro atoms. The van der Waals surface area contributed by atoms with E-state index in [0.29, 0.717) is 0 Å². The second-order valence-electron chi connectivity index (χ2n) is 1.58. The molecule has 0 N–H and O–H groups in total. The van der Waals surface area contributed by atoms with Crippen LogP contribution in [0.1, 0.15) is 20.3 Å². The van der Waals surface area contributed by atoms with Gasteiger partial charge in [-0.1, -0.05) is 0 Å². The number of Topliss-reactive ketones (excluding diaryl/α,β-unsaturated/α-hetero) is 2. The van der Waals surface area contributed by atoms with Crippen LogP contribution in [0.3, 0.4) is 0 Å². The average molecular weight is 307 g/mol. The quantitative estimate of drug-likeness (QED) is 0.538. The van der Waals surface area contributed by atoms with Gasteiger partial charge in [0.25, 0.3) is 0 Å². The van der Waals surface area contributed by atoms with Gasteiger partial charge in [-0.2, -0.15) is 0 Å². The van der Waals surface area contributed by atoms with Crippen LogP contribution in [-0.2, 0) is 9.59 Å². The van der Waals surface area contributed by atoms with Crippen LogP contribution in [0.15, 0.2) is 0 Å². The van der Waals surface area contributed by atoms with Gasteiger partial charge in [0.15, 0.2) is 0 Å². The number of rotatable bonds is 2. The van der Waals surface area contributed by atoms with Gasteiger partial charge < -0.3 is 0 Å². The van der Waals surface area contributed by atoms with E-state index in [0.717, 1.165) is 0 Å². The summed E-state index contributed by atoms with van der Waals surface area (Å²) in [6.45, 7) is 2.81. The smallest absolute Gasteiger partial charge is 0.137 e. The zero-order chi connectivity index (χ0) is 5.86. The zero-order valence-electron chi connectivity index (χ0n) is 5.02. The minimum absolute atomic E-state index is 0. The Labute approximate surface area is 68.8 Å². The van der Waals surface area contributed by atoms with E-state index in [1.54, 1.807) is 0 Å². The van der Waals surface area contributed by atoms with Gasteiger partial charge in [-0.3, -0.25) is 9.59 Å². The summed E-state index contributed by atoms with van der Waals surface area (Å²) in [7, 11) is 0. The van der Waals surface area contributed by atoms with Crippen LogP contribution < -0.4 is 0 Å². The van der Waals surface area contributed by atoms with Gasteiger partial charge in [0, 0.05) is 27.3 Å². The van der Waals surface area contributed by atoms with Crippen LogP contribution in [0, 0.1) is 0 Å². The molecule has 0 bridgehead atoms. The van der Waals surface area contributed by atoms with E-state index in [9.17, 15) is 9.59 Å². The van der Waals surface area contributed by atoms with E-state index < -0.39 is 0 Å². The first-order chi connectivity index (χ1) is 3.13. The first kappa shape index (κ1) is 11.1. The molecule has 0 saturated carbocycles. The summed E-state index contributed by atoms with van der Waals surface area (Å²) in [4.78, 5) is 20.1. The van der Waals surface area contributed by atoms with Crippen molar-refractivity contribution in [3.63, 3.8) is 0 Å². The SMILES string of the molecule is CC(=O)CC(C)=O.[Pb]. The molecule has 0 aliphatic carbocycles. The van der Waals surface area contributed by atoms with E-state index in [1.807, 2.05) is 0 Å². The Morgan fingerprint density at radius 3 is 1.38 bits per heavy atom. The molecule has 0 aliphatic rings. The van der Waals surface area contributed by atoms with Crippen molar-refractivity contribution in [2.24, 2.45) is 0 Å². The minimum Gasteiger partial charge on any atom is -0.300 e. The molecule has 44 valence electrons. The fourth-order valence-electron chi connectivity index (χ4n) is 0.351. The van der Waals surface area contributed by atoms with Crippen molar-refractivity contribution in [3.8, 4) is 0 Å². The van der Waals surface area contributed by atoms with Gasteiger partial charge in [0.05, 0.1) is 6.42 Å². The maximum atomic E-state index is 10.0. The first-order valence-corrected chi connectivity index (χ1v) is 2.12. The van der Waals surface area contributed by atoms with Crippen LogP contribution in [-0.4, -0.2) is 38.9 Å². The Morgan fingerprint density at radius 2 is 1.38 bits per heavy atom. The summed E-state index contributed by atoms with van der Waals surface area (Å²) in [5.74, 6) is -0.125. The van der Waals surface area contributed by atoms with Crippen molar-refractivity contribution in [1.29, 1.82) is 0 Å². The van der Waals surface area contributed by atoms with Crippen molar-refractivity contribution in [2.75, 3.05) is 0 Å². The maximum absolute atomic E-state index is 10.0. The summed E-state index contributed by atoms with van der Waals surface area (Å²) in [6.07, 6.45) is 0.0833. The monoisotopic (exact) mass is 308 g/mol. The molecule has 3 heteroatoms. The molecule has 0 saturated heterocycles. The summed E-state index contributed by atoms with van der Waals surface area (Å²) < 4.78 is 0. The van der Waals surface area contributed by atoms with Crippen molar-refractivity contribution >= 4 is 38.9 Å². The van der Waals surface area contributed by atoms with E-state index in [4.69, 9.17) is 0 Å². The molecule has 0 rings (SSSR count). The Balaban J connectivity index is 0. The van der Waals surface area contributed by atoms with E-state index in [2.05, 4.69) is 0 Å². The van der Waals surface area contributed by atoms with Crippen LogP contribution in [0.5, 0.6) is 0 Å².